The number of rotatable bonds is 5. The number of benzene rings is 2. The van der Waals surface area contributed by atoms with Crippen LogP contribution < -0.4 is 10.2 Å². The number of nitrogens with one attached hydrogen (secondary N) is 1. The Morgan fingerprint density at radius 2 is 1.82 bits per heavy atom. The Labute approximate surface area is 165 Å². The molecular weight excluding hydrogens is 357 g/mol. The van der Waals surface area contributed by atoms with Crippen molar-refractivity contribution in [3.8, 4) is 0 Å². The Balaban J connectivity index is 1.62. The molecule has 1 aliphatic rings. The van der Waals surface area contributed by atoms with E-state index in [1.165, 1.54) is 11.0 Å². The summed E-state index contributed by atoms with van der Waals surface area (Å²) in [6.45, 7) is 4.49. The first kappa shape index (κ1) is 19.9. The first-order valence-electron chi connectivity index (χ1n) is 9.49. The Kier molecular flexibility index (Phi) is 5.97. The van der Waals surface area contributed by atoms with E-state index in [9.17, 15) is 14.0 Å². The normalized spacial score (nSPS) is 13.1. The number of amides is 2. The quantitative estimate of drug-likeness (QED) is 0.862. The van der Waals surface area contributed by atoms with Crippen LogP contribution in [-0.2, 0) is 16.0 Å². The number of carbonyl (C=O) groups excluding carboxylic acids is 2. The first-order chi connectivity index (χ1) is 13.4. The molecule has 0 unspecified atom stereocenters. The molecule has 2 aromatic rings. The van der Waals surface area contributed by atoms with Crippen LogP contribution in [0.5, 0.6) is 0 Å². The van der Waals surface area contributed by atoms with Crippen LogP contribution in [-0.4, -0.2) is 43.4 Å². The number of carbonyl (C=O) groups is 2. The summed E-state index contributed by atoms with van der Waals surface area (Å²) in [5.41, 5.74) is 4.16. The third-order valence-electron chi connectivity index (χ3n) is 5.14. The summed E-state index contributed by atoms with van der Waals surface area (Å²) in [4.78, 5) is 28.2. The van der Waals surface area contributed by atoms with E-state index in [0.29, 0.717) is 12.2 Å². The van der Waals surface area contributed by atoms with Gasteiger partial charge in [0.1, 0.15) is 5.82 Å². The summed E-state index contributed by atoms with van der Waals surface area (Å²) >= 11 is 0. The summed E-state index contributed by atoms with van der Waals surface area (Å²) < 4.78 is 14.3. The van der Waals surface area contributed by atoms with E-state index in [1.807, 2.05) is 38.1 Å². The van der Waals surface area contributed by atoms with Crippen LogP contribution in [0.4, 0.5) is 15.8 Å². The van der Waals surface area contributed by atoms with Crippen molar-refractivity contribution in [2.75, 3.05) is 36.9 Å². The zero-order valence-corrected chi connectivity index (χ0v) is 16.6. The molecule has 1 heterocycles. The molecule has 0 saturated heterocycles. The molecule has 0 spiro atoms. The number of likely N-dealkylation sites (N-methyl/N-ethyl adjacent to an activating group) is 1. The maximum absolute atomic E-state index is 14.3. The van der Waals surface area contributed by atoms with Gasteiger partial charge >= 0.3 is 0 Å². The van der Waals surface area contributed by atoms with Gasteiger partial charge < -0.3 is 15.1 Å². The Morgan fingerprint density at radius 1 is 1.14 bits per heavy atom. The van der Waals surface area contributed by atoms with Crippen LogP contribution in [0.2, 0.25) is 0 Å². The lowest BCUT2D eigenvalue weighted by Gasteiger charge is -2.32. The SMILES string of the molecule is Cc1cccc(C)c1NC(=O)CN(C)C(=O)CN1CCCc2cccc(F)c21. The number of halogens is 1. The fourth-order valence-electron chi connectivity index (χ4n) is 3.62. The van der Waals surface area contributed by atoms with Crippen molar-refractivity contribution < 1.29 is 14.0 Å². The zero-order chi connectivity index (χ0) is 20.3. The van der Waals surface area contributed by atoms with E-state index in [4.69, 9.17) is 0 Å². The van der Waals surface area contributed by atoms with Crippen molar-refractivity contribution in [1.29, 1.82) is 0 Å². The van der Waals surface area contributed by atoms with Gasteiger partial charge in [-0.25, -0.2) is 4.39 Å². The highest BCUT2D eigenvalue weighted by molar-refractivity contribution is 5.96. The molecule has 0 aliphatic carbocycles. The number of hydrogen-bond acceptors (Lipinski definition) is 3. The summed E-state index contributed by atoms with van der Waals surface area (Å²) in [6.07, 6.45) is 1.69. The van der Waals surface area contributed by atoms with E-state index < -0.39 is 0 Å². The summed E-state index contributed by atoms with van der Waals surface area (Å²) in [7, 11) is 1.60. The van der Waals surface area contributed by atoms with Crippen LogP contribution >= 0.6 is 0 Å². The predicted octanol–water partition coefficient (Wildman–Crippen LogP) is 3.29. The van der Waals surface area contributed by atoms with Crippen LogP contribution in [0, 0.1) is 19.7 Å². The molecule has 0 radical (unpaired) electrons. The maximum Gasteiger partial charge on any atom is 0.243 e. The number of aryl methyl sites for hydroxylation is 3. The smallest absolute Gasteiger partial charge is 0.243 e. The molecule has 1 aliphatic heterocycles. The number of nitrogens with zero attached hydrogens (tertiary/aromatic N) is 2. The van der Waals surface area contributed by atoms with Gasteiger partial charge in [0.05, 0.1) is 18.8 Å². The molecule has 0 bridgehead atoms. The molecule has 0 atom stereocenters. The first-order valence-corrected chi connectivity index (χ1v) is 9.49. The second kappa shape index (κ2) is 8.42. The third-order valence-corrected chi connectivity index (χ3v) is 5.14. The van der Waals surface area contributed by atoms with E-state index in [-0.39, 0.29) is 30.7 Å². The molecule has 0 saturated carbocycles. The molecular formula is C22H26FN3O2. The number of fused-ring (bicyclic) bond motifs is 1. The zero-order valence-electron chi connectivity index (χ0n) is 16.6. The Morgan fingerprint density at radius 3 is 2.54 bits per heavy atom. The van der Waals surface area contributed by atoms with Gasteiger partial charge in [0.25, 0.3) is 0 Å². The fourth-order valence-corrected chi connectivity index (χ4v) is 3.62. The largest absolute Gasteiger partial charge is 0.360 e. The van der Waals surface area contributed by atoms with Gasteiger partial charge in [-0.15, -0.1) is 0 Å². The van der Waals surface area contributed by atoms with Crippen LogP contribution in [0.25, 0.3) is 0 Å². The van der Waals surface area contributed by atoms with Crippen molar-refractivity contribution in [2.45, 2.75) is 26.7 Å². The fraction of sp³-hybridized carbons (Fsp3) is 0.364. The standard InChI is InChI=1S/C22H26FN3O2/c1-15-7-4-8-16(2)21(15)24-19(27)13-25(3)20(28)14-26-12-6-10-17-9-5-11-18(23)22(17)26/h4-5,7-9,11H,6,10,12-14H2,1-3H3,(H,24,27). The van der Waals surface area contributed by atoms with E-state index in [2.05, 4.69) is 5.32 Å². The lowest BCUT2D eigenvalue weighted by atomic mass is 10.0. The molecule has 28 heavy (non-hydrogen) atoms. The minimum absolute atomic E-state index is 0.0510. The van der Waals surface area contributed by atoms with E-state index in [1.54, 1.807) is 18.0 Å². The number of para-hydroxylation sites is 2. The van der Waals surface area contributed by atoms with Crippen molar-refractivity contribution in [1.82, 2.24) is 4.90 Å². The van der Waals surface area contributed by atoms with Crippen molar-refractivity contribution >= 4 is 23.2 Å². The van der Waals surface area contributed by atoms with Gasteiger partial charge in [-0.3, -0.25) is 9.59 Å². The molecule has 148 valence electrons. The average molecular weight is 383 g/mol. The number of anilines is 2. The van der Waals surface area contributed by atoms with Gasteiger partial charge in [0.2, 0.25) is 11.8 Å². The minimum atomic E-state index is -0.305. The second-order valence-electron chi connectivity index (χ2n) is 7.34. The van der Waals surface area contributed by atoms with Gasteiger partial charge in [-0.2, -0.15) is 0 Å². The van der Waals surface area contributed by atoms with Crippen molar-refractivity contribution in [2.24, 2.45) is 0 Å². The van der Waals surface area contributed by atoms with E-state index >= 15 is 0 Å². The van der Waals surface area contributed by atoms with Crippen LogP contribution in [0.15, 0.2) is 36.4 Å². The molecule has 0 fully saturated rings. The highest BCUT2D eigenvalue weighted by atomic mass is 19.1. The summed E-state index contributed by atoms with van der Waals surface area (Å²) in [6, 6.07) is 10.8. The van der Waals surface area contributed by atoms with Crippen LogP contribution in [0.3, 0.4) is 0 Å². The van der Waals surface area contributed by atoms with E-state index in [0.717, 1.165) is 35.2 Å². The van der Waals surface area contributed by atoms with Crippen molar-refractivity contribution in [3.05, 3.63) is 58.9 Å². The molecule has 5 nitrogen and oxygen atoms in total. The molecule has 2 aromatic carbocycles. The average Bonchev–Trinajstić information content (AvgIpc) is 2.65. The number of hydrogen-bond donors (Lipinski definition) is 1. The van der Waals surface area contributed by atoms with Gasteiger partial charge in [-0.1, -0.05) is 30.3 Å². The minimum Gasteiger partial charge on any atom is -0.360 e. The lowest BCUT2D eigenvalue weighted by molar-refractivity contribution is -0.132. The van der Waals surface area contributed by atoms with Gasteiger partial charge in [-0.05, 0) is 49.4 Å². The van der Waals surface area contributed by atoms with Gasteiger partial charge in [0, 0.05) is 19.3 Å². The monoisotopic (exact) mass is 383 g/mol. The maximum atomic E-state index is 14.3. The molecule has 1 N–H and O–H groups in total. The molecule has 3 rings (SSSR count). The summed E-state index contributed by atoms with van der Waals surface area (Å²) in [5, 5.41) is 2.89. The lowest BCUT2D eigenvalue weighted by Crippen LogP contribution is -2.43. The Hall–Kier alpha value is -2.89. The molecule has 6 heteroatoms. The van der Waals surface area contributed by atoms with Crippen LogP contribution in [0.1, 0.15) is 23.1 Å². The molecule has 0 aromatic heterocycles. The molecule has 2 amide bonds. The topological polar surface area (TPSA) is 52.7 Å². The third kappa shape index (κ3) is 4.32. The van der Waals surface area contributed by atoms with Gasteiger partial charge in [0.15, 0.2) is 0 Å². The summed E-state index contributed by atoms with van der Waals surface area (Å²) in [5.74, 6) is -0.772. The highest BCUT2D eigenvalue weighted by Gasteiger charge is 2.24. The predicted molar refractivity (Wildman–Crippen MR) is 109 cm³/mol. The second-order valence-corrected chi connectivity index (χ2v) is 7.34. The highest BCUT2D eigenvalue weighted by Crippen LogP contribution is 2.29. The Bertz CT molecular complexity index is 877. The van der Waals surface area contributed by atoms with Crippen molar-refractivity contribution in [3.63, 3.8) is 0 Å².